The average Bonchev–Trinajstić information content (AvgIpc) is 3.76. The van der Waals surface area contributed by atoms with E-state index >= 15 is 0 Å². The maximum absolute atomic E-state index is 13.1. The van der Waals surface area contributed by atoms with Gasteiger partial charge in [0.15, 0.2) is 5.84 Å². The first-order valence-corrected chi connectivity index (χ1v) is 14.5. The number of nitrogens with zero attached hydrogens (tertiary/aromatic N) is 3. The summed E-state index contributed by atoms with van der Waals surface area (Å²) in [6.07, 6.45) is 7.40. The number of likely N-dealkylation sites (tertiary alicyclic amines) is 1. The van der Waals surface area contributed by atoms with Gasteiger partial charge in [-0.2, -0.15) is 0 Å². The van der Waals surface area contributed by atoms with Gasteiger partial charge in [-0.05, 0) is 62.1 Å². The van der Waals surface area contributed by atoms with E-state index in [2.05, 4.69) is 28.6 Å². The first-order chi connectivity index (χ1) is 20.4. The first-order valence-electron chi connectivity index (χ1n) is 14.5. The zero-order valence-corrected chi connectivity index (χ0v) is 23.6. The topological polar surface area (TPSA) is 103 Å². The normalized spacial score (nSPS) is 22.7. The lowest BCUT2D eigenvalue weighted by Gasteiger charge is -2.23. The summed E-state index contributed by atoms with van der Waals surface area (Å²) >= 11 is 0. The van der Waals surface area contributed by atoms with Crippen LogP contribution in [0.15, 0.2) is 88.0 Å². The third kappa shape index (κ3) is 6.17. The molecule has 0 aromatic heterocycles. The SMILES string of the molecule is CC(=O)C1CN[C@H](C(=O)Nc2ccc(C#CC3=CCC4=NC([C@@H]5CCCN5C(=O)Cc5ccccc5)=NC4=C3)cc2)C1. The molecule has 2 N–H and O–H groups in total. The van der Waals surface area contributed by atoms with Gasteiger partial charge in [-0.3, -0.25) is 14.4 Å². The molecule has 6 rings (SSSR count). The Balaban J connectivity index is 1.07. The molecular weight excluding hydrogens is 526 g/mol. The first kappa shape index (κ1) is 27.6. The number of ketones is 1. The van der Waals surface area contributed by atoms with Crippen LogP contribution in [0.4, 0.5) is 5.69 Å². The number of benzene rings is 2. The molecule has 2 saturated heterocycles. The molecule has 1 unspecified atom stereocenters. The molecule has 2 fully saturated rings. The van der Waals surface area contributed by atoms with Gasteiger partial charge in [0, 0.05) is 42.3 Å². The van der Waals surface area contributed by atoms with E-state index in [1.807, 2.05) is 65.6 Å². The molecule has 2 aromatic carbocycles. The molecule has 8 heteroatoms. The average molecular weight is 560 g/mol. The van der Waals surface area contributed by atoms with Crippen LogP contribution < -0.4 is 10.6 Å². The van der Waals surface area contributed by atoms with E-state index in [9.17, 15) is 14.4 Å². The van der Waals surface area contributed by atoms with Crippen molar-refractivity contribution >= 4 is 34.8 Å². The summed E-state index contributed by atoms with van der Waals surface area (Å²) in [5.74, 6) is 7.13. The van der Waals surface area contributed by atoms with Crippen LogP contribution >= 0.6 is 0 Å². The number of aliphatic imine (C=N–C) groups is 2. The van der Waals surface area contributed by atoms with Gasteiger partial charge in [-0.1, -0.05) is 48.2 Å². The standard InChI is InChI=1S/C34H33N5O3/c1-22(40)26-20-30(35-21-26)34(42)36-27-14-11-23(12-15-27)9-10-25-13-16-28-29(18-25)38-33(37-28)31-8-5-17-39(31)32(41)19-24-6-3-2-4-7-24/h2-4,6-7,11-15,18,26,30-31,35H,5,8,16-17,19-21H2,1H3,(H,36,42)/t26?,30-,31-/m0/s1. The number of Topliss-reactive ketones (excluding diaryl/α,β-unsaturated/α-hetero) is 1. The van der Waals surface area contributed by atoms with Crippen molar-refractivity contribution in [2.75, 3.05) is 18.4 Å². The molecule has 8 nitrogen and oxygen atoms in total. The number of amidine groups is 1. The number of rotatable bonds is 6. The Morgan fingerprint density at radius 1 is 1.05 bits per heavy atom. The largest absolute Gasteiger partial charge is 0.332 e. The Kier molecular flexibility index (Phi) is 7.93. The van der Waals surface area contributed by atoms with E-state index < -0.39 is 0 Å². The van der Waals surface area contributed by atoms with Gasteiger partial charge in [-0.25, -0.2) is 9.98 Å². The number of hydrogen-bond acceptors (Lipinski definition) is 6. The molecule has 2 amide bonds. The number of hydrogen-bond donors (Lipinski definition) is 2. The molecule has 3 heterocycles. The Hall–Kier alpha value is -4.61. The lowest BCUT2D eigenvalue weighted by Crippen LogP contribution is -2.40. The van der Waals surface area contributed by atoms with E-state index in [1.54, 1.807) is 6.92 Å². The second-order valence-electron chi connectivity index (χ2n) is 11.1. The van der Waals surface area contributed by atoms with Crippen LogP contribution in [-0.4, -0.2) is 59.2 Å². The van der Waals surface area contributed by atoms with Gasteiger partial charge in [-0.15, -0.1) is 0 Å². The number of carbonyl (C=O) groups is 3. The summed E-state index contributed by atoms with van der Waals surface area (Å²) in [5, 5.41) is 6.04. The highest BCUT2D eigenvalue weighted by molar-refractivity contribution is 6.16. The van der Waals surface area contributed by atoms with Crippen molar-refractivity contribution in [1.29, 1.82) is 0 Å². The molecule has 0 bridgehead atoms. The molecule has 1 aliphatic carbocycles. The zero-order chi connectivity index (χ0) is 29.1. The summed E-state index contributed by atoms with van der Waals surface area (Å²) in [4.78, 5) is 48.8. The predicted octanol–water partition coefficient (Wildman–Crippen LogP) is 3.84. The van der Waals surface area contributed by atoms with E-state index in [0.717, 1.165) is 53.3 Å². The number of allylic oxidation sites excluding steroid dienone is 4. The second kappa shape index (κ2) is 12.1. The molecule has 0 saturated carbocycles. The molecular formula is C34H33N5O3. The number of fused-ring (bicyclic) bond motifs is 1. The third-order valence-electron chi connectivity index (χ3n) is 8.18. The fraction of sp³-hybridized carbons (Fsp3) is 0.324. The van der Waals surface area contributed by atoms with Gasteiger partial charge in [0.25, 0.3) is 0 Å². The maximum atomic E-state index is 13.1. The lowest BCUT2D eigenvalue weighted by molar-refractivity contribution is -0.130. The minimum absolute atomic E-state index is 0.0891. The van der Waals surface area contributed by atoms with Crippen molar-refractivity contribution in [2.45, 2.75) is 51.1 Å². The highest BCUT2D eigenvalue weighted by Crippen LogP contribution is 2.28. The third-order valence-corrected chi connectivity index (χ3v) is 8.18. The quantitative estimate of drug-likeness (QED) is 0.525. The Bertz CT molecular complexity index is 1590. The van der Waals surface area contributed by atoms with Crippen molar-refractivity contribution in [1.82, 2.24) is 10.2 Å². The monoisotopic (exact) mass is 559 g/mol. The second-order valence-corrected chi connectivity index (χ2v) is 11.1. The fourth-order valence-corrected chi connectivity index (χ4v) is 5.78. The van der Waals surface area contributed by atoms with Crippen LogP contribution in [0.2, 0.25) is 0 Å². The van der Waals surface area contributed by atoms with Crippen LogP contribution in [0.3, 0.4) is 0 Å². The van der Waals surface area contributed by atoms with Gasteiger partial charge < -0.3 is 15.5 Å². The minimum atomic E-state index is -0.358. The fourth-order valence-electron chi connectivity index (χ4n) is 5.78. The molecule has 4 aliphatic rings. The highest BCUT2D eigenvalue weighted by Gasteiger charge is 2.35. The van der Waals surface area contributed by atoms with Gasteiger partial charge in [0.1, 0.15) is 5.78 Å². The molecule has 0 radical (unpaired) electrons. The van der Waals surface area contributed by atoms with Crippen LogP contribution in [0.25, 0.3) is 0 Å². The van der Waals surface area contributed by atoms with E-state index in [4.69, 9.17) is 9.98 Å². The van der Waals surface area contributed by atoms with Crippen molar-refractivity contribution in [2.24, 2.45) is 15.9 Å². The van der Waals surface area contributed by atoms with Gasteiger partial charge in [0.2, 0.25) is 11.8 Å². The number of anilines is 1. The van der Waals surface area contributed by atoms with Crippen LogP contribution in [0.5, 0.6) is 0 Å². The van der Waals surface area contributed by atoms with Gasteiger partial charge in [0.05, 0.1) is 29.9 Å². The molecule has 0 spiro atoms. The summed E-state index contributed by atoms with van der Waals surface area (Å²) in [6, 6.07) is 16.8. The van der Waals surface area contributed by atoms with E-state index in [-0.39, 0.29) is 35.6 Å². The molecule has 212 valence electrons. The van der Waals surface area contributed by atoms with Crippen molar-refractivity contribution in [3.8, 4) is 11.8 Å². The van der Waals surface area contributed by atoms with Crippen molar-refractivity contribution in [3.05, 3.63) is 89.1 Å². The minimum Gasteiger partial charge on any atom is -0.332 e. The predicted molar refractivity (Wildman–Crippen MR) is 163 cm³/mol. The van der Waals surface area contributed by atoms with E-state index in [0.29, 0.717) is 31.5 Å². The molecule has 3 aliphatic heterocycles. The van der Waals surface area contributed by atoms with Crippen LogP contribution in [0.1, 0.15) is 43.7 Å². The van der Waals surface area contributed by atoms with Crippen molar-refractivity contribution in [3.63, 3.8) is 0 Å². The van der Waals surface area contributed by atoms with Crippen LogP contribution in [-0.2, 0) is 20.8 Å². The summed E-state index contributed by atoms with van der Waals surface area (Å²) < 4.78 is 0. The zero-order valence-electron chi connectivity index (χ0n) is 23.6. The number of amides is 2. The highest BCUT2D eigenvalue weighted by atomic mass is 16.2. The Morgan fingerprint density at radius 2 is 1.86 bits per heavy atom. The molecule has 42 heavy (non-hydrogen) atoms. The summed E-state index contributed by atoms with van der Waals surface area (Å²) in [6.45, 7) is 2.84. The Morgan fingerprint density at radius 3 is 2.62 bits per heavy atom. The summed E-state index contributed by atoms with van der Waals surface area (Å²) in [7, 11) is 0. The number of nitrogens with one attached hydrogen (secondary N) is 2. The lowest BCUT2D eigenvalue weighted by atomic mass is 10.0. The Labute approximate surface area is 245 Å². The maximum Gasteiger partial charge on any atom is 0.241 e. The smallest absolute Gasteiger partial charge is 0.241 e. The van der Waals surface area contributed by atoms with Crippen molar-refractivity contribution < 1.29 is 14.4 Å². The number of carbonyl (C=O) groups excluding carboxylic acids is 3. The van der Waals surface area contributed by atoms with E-state index in [1.165, 1.54) is 0 Å². The van der Waals surface area contributed by atoms with Gasteiger partial charge >= 0.3 is 0 Å². The van der Waals surface area contributed by atoms with Crippen LogP contribution in [0, 0.1) is 17.8 Å². The summed E-state index contributed by atoms with van der Waals surface area (Å²) in [5.41, 5.74) is 5.16. The molecule has 2 aromatic rings. The molecule has 3 atom stereocenters.